The Morgan fingerprint density at radius 1 is 1.09 bits per heavy atom. The molecule has 11 heteroatoms. The first-order chi connectivity index (χ1) is 15.6. The topological polar surface area (TPSA) is 150 Å². The van der Waals surface area contributed by atoms with Gasteiger partial charge >= 0.3 is 0 Å². The predicted molar refractivity (Wildman–Crippen MR) is 125 cm³/mol. The van der Waals surface area contributed by atoms with Gasteiger partial charge in [-0.25, -0.2) is 13.4 Å². The van der Waals surface area contributed by atoms with Crippen LogP contribution in [0, 0.1) is 11.3 Å². The molecule has 2 aromatic carbocycles. The number of benzene rings is 2. The van der Waals surface area contributed by atoms with Crippen molar-refractivity contribution in [3.05, 3.63) is 70.6 Å². The van der Waals surface area contributed by atoms with Crippen molar-refractivity contribution >= 4 is 38.4 Å². The summed E-state index contributed by atoms with van der Waals surface area (Å²) >= 11 is 0. The number of aromatic nitrogens is 3. The molecule has 0 aliphatic heterocycles. The molecular formula is C22H18N6O4S. The number of nitriles is 1. The average Bonchev–Trinajstić information content (AvgIpc) is 2.77. The van der Waals surface area contributed by atoms with Crippen molar-refractivity contribution in [1.82, 2.24) is 14.5 Å². The van der Waals surface area contributed by atoms with Gasteiger partial charge in [0, 0.05) is 35.6 Å². The number of aryl methyl sites for hydroxylation is 1. The summed E-state index contributed by atoms with van der Waals surface area (Å²) in [5, 5.41) is 22.5. The van der Waals surface area contributed by atoms with Gasteiger partial charge in [-0.3, -0.25) is 14.1 Å². The summed E-state index contributed by atoms with van der Waals surface area (Å²) in [6, 6.07) is 14.5. The number of aromatic hydroxyl groups is 1. The van der Waals surface area contributed by atoms with Gasteiger partial charge in [0.25, 0.3) is 5.56 Å². The van der Waals surface area contributed by atoms with Crippen molar-refractivity contribution in [2.45, 2.75) is 0 Å². The summed E-state index contributed by atoms with van der Waals surface area (Å²) in [5.74, 6) is 0.100. The van der Waals surface area contributed by atoms with Crippen LogP contribution in [0.15, 0.2) is 59.5 Å². The van der Waals surface area contributed by atoms with Crippen molar-refractivity contribution in [2.75, 3.05) is 16.3 Å². The number of anilines is 3. The van der Waals surface area contributed by atoms with Gasteiger partial charge in [-0.2, -0.15) is 10.2 Å². The number of fused-ring (bicyclic) bond motifs is 1. The fourth-order valence-corrected chi connectivity index (χ4v) is 3.84. The zero-order chi connectivity index (χ0) is 23.8. The third kappa shape index (κ3) is 4.60. The fraction of sp³-hybridized carbons (Fsp3) is 0.0909. The Labute approximate surface area is 188 Å². The van der Waals surface area contributed by atoms with Crippen molar-refractivity contribution in [3.63, 3.8) is 0 Å². The molecule has 0 spiro atoms. The van der Waals surface area contributed by atoms with E-state index in [0.717, 1.165) is 6.26 Å². The summed E-state index contributed by atoms with van der Waals surface area (Å²) < 4.78 is 26.4. The third-order valence-corrected chi connectivity index (χ3v) is 5.43. The molecule has 0 atom stereocenters. The molecule has 0 aliphatic rings. The Bertz CT molecular complexity index is 1590. The molecule has 33 heavy (non-hydrogen) atoms. The highest BCUT2D eigenvalue weighted by molar-refractivity contribution is 7.92. The highest BCUT2D eigenvalue weighted by Crippen LogP contribution is 2.26. The van der Waals surface area contributed by atoms with Gasteiger partial charge < -0.3 is 10.4 Å². The first-order valence-corrected chi connectivity index (χ1v) is 11.5. The lowest BCUT2D eigenvalue weighted by atomic mass is 10.0. The van der Waals surface area contributed by atoms with Gasteiger partial charge in [0.15, 0.2) is 0 Å². The lowest BCUT2D eigenvalue weighted by molar-refractivity contribution is 0.473. The van der Waals surface area contributed by atoms with Crippen molar-refractivity contribution < 1.29 is 13.5 Å². The van der Waals surface area contributed by atoms with Crippen molar-refractivity contribution in [3.8, 4) is 22.9 Å². The van der Waals surface area contributed by atoms with E-state index in [2.05, 4.69) is 20.0 Å². The summed E-state index contributed by atoms with van der Waals surface area (Å²) in [6.07, 6.45) is 2.64. The SMILES string of the molecule is Cn1c(=O)c(-c2ccc(O)c(C#N)c2)cc2cnc(Nc3ccc(NS(C)(=O)=O)cc3)nc21. The van der Waals surface area contributed by atoms with E-state index in [1.807, 2.05) is 6.07 Å². The average molecular weight is 462 g/mol. The second kappa shape index (κ2) is 8.25. The molecule has 0 bridgehead atoms. The van der Waals surface area contributed by atoms with Gasteiger partial charge in [-0.15, -0.1) is 0 Å². The zero-order valence-corrected chi connectivity index (χ0v) is 18.4. The van der Waals surface area contributed by atoms with E-state index in [1.54, 1.807) is 49.6 Å². The van der Waals surface area contributed by atoms with Gasteiger partial charge in [0.1, 0.15) is 17.5 Å². The monoisotopic (exact) mass is 462 g/mol. The van der Waals surface area contributed by atoms with Gasteiger partial charge in [-0.1, -0.05) is 6.07 Å². The Kier molecular flexibility index (Phi) is 5.45. The Morgan fingerprint density at radius 2 is 1.79 bits per heavy atom. The fourth-order valence-electron chi connectivity index (χ4n) is 3.27. The number of hydrogen-bond donors (Lipinski definition) is 3. The molecule has 0 amide bonds. The number of nitrogens with zero attached hydrogens (tertiary/aromatic N) is 4. The van der Waals surface area contributed by atoms with Crippen molar-refractivity contribution in [1.29, 1.82) is 5.26 Å². The molecule has 0 saturated carbocycles. The summed E-state index contributed by atoms with van der Waals surface area (Å²) in [4.78, 5) is 21.7. The molecule has 2 aromatic heterocycles. The largest absolute Gasteiger partial charge is 0.507 e. The molecular weight excluding hydrogens is 444 g/mol. The van der Waals surface area contributed by atoms with E-state index >= 15 is 0 Å². The summed E-state index contributed by atoms with van der Waals surface area (Å²) in [6.45, 7) is 0. The second-order valence-corrected chi connectivity index (χ2v) is 9.06. The molecule has 0 radical (unpaired) electrons. The van der Waals surface area contributed by atoms with Gasteiger partial charge in [-0.05, 0) is 48.0 Å². The summed E-state index contributed by atoms with van der Waals surface area (Å²) in [7, 11) is -1.78. The minimum Gasteiger partial charge on any atom is -0.507 e. The van der Waals surface area contributed by atoms with Crippen LogP contribution < -0.4 is 15.6 Å². The van der Waals surface area contributed by atoms with Crippen LogP contribution in [-0.4, -0.2) is 34.3 Å². The minimum absolute atomic E-state index is 0.0724. The number of rotatable bonds is 5. The first-order valence-electron chi connectivity index (χ1n) is 9.60. The normalized spacial score (nSPS) is 11.2. The molecule has 0 unspecified atom stereocenters. The molecule has 10 nitrogen and oxygen atoms in total. The second-order valence-electron chi connectivity index (χ2n) is 7.32. The number of phenols is 1. The molecule has 2 heterocycles. The van der Waals surface area contributed by atoms with E-state index in [9.17, 15) is 18.3 Å². The number of sulfonamides is 1. The zero-order valence-electron chi connectivity index (χ0n) is 17.6. The lowest BCUT2D eigenvalue weighted by Crippen LogP contribution is -2.20. The number of pyridine rings is 1. The Morgan fingerprint density at radius 3 is 2.45 bits per heavy atom. The molecule has 4 aromatic rings. The van der Waals surface area contributed by atoms with E-state index in [1.165, 1.54) is 16.7 Å². The smallest absolute Gasteiger partial charge is 0.259 e. The number of hydrogen-bond acceptors (Lipinski definition) is 8. The molecule has 3 N–H and O–H groups in total. The molecule has 0 aliphatic carbocycles. The molecule has 0 fully saturated rings. The molecule has 0 saturated heterocycles. The van der Waals surface area contributed by atoms with Crippen LogP contribution in [0.4, 0.5) is 17.3 Å². The van der Waals surface area contributed by atoms with Crippen LogP contribution in [0.2, 0.25) is 0 Å². The van der Waals surface area contributed by atoms with E-state index in [0.29, 0.717) is 33.5 Å². The van der Waals surface area contributed by atoms with Crippen LogP contribution in [0.3, 0.4) is 0 Å². The van der Waals surface area contributed by atoms with Gasteiger partial charge in [0.2, 0.25) is 16.0 Å². The predicted octanol–water partition coefficient (Wildman–Crippen LogP) is 2.69. The van der Waals surface area contributed by atoms with E-state index in [-0.39, 0.29) is 22.8 Å². The standard InChI is InChI=1S/C22H18N6O4S/c1-28-20-15(10-18(21(28)30)13-3-8-19(29)14(9-13)11-23)12-24-22(26-20)25-16-4-6-17(7-5-16)27-33(2,31)32/h3-10,12,27,29H,1-2H3,(H,24,25,26). The maximum absolute atomic E-state index is 13.0. The van der Waals surface area contributed by atoms with Crippen LogP contribution in [0.25, 0.3) is 22.2 Å². The number of phenolic OH excluding ortho intramolecular Hbond substituents is 1. The third-order valence-electron chi connectivity index (χ3n) is 4.82. The van der Waals surface area contributed by atoms with Crippen LogP contribution >= 0.6 is 0 Å². The van der Waals surface area contributed by atoms with Crippen LogP contribution in [0.1, 0.15) is 5.56 Å². The highest BCUT2D eigenvalue weighted by atomic mass is 32.2. The number of nitrogens with one attached hydrogen (secondary N) is 2. The first kappa shape index (κ1) is 21.8. The quantitative estimate of drug-likeness (QED) is 0.410. The van der Waals surface area contributed by atoms with Crippen LogP contribution in [0.5, 0.6) is 5.75 Å². The highest BCUT2D eigenvalue weighted by Gasteiger charge is 2.13. The Balaban J connectivity index is 1.68. The van der Waals surface area contributed by atoms with Crippen molar-refractivity contribution in [2.24, 2.45) is 7.05 Å². The molecule has 4 rings (SSSR count). The molecule has 166 valence electrons. The Hall–Kier alpha value is -4.43. The maximum atomic E-state index is 13.0. The van der Waals surface area contributed by atoms with Gasteiger partial charge in [0.05, 0.1) is 11.8 Å². The van der Waals surface area contributed by atoms with E-state index < -0.39 is 10.0 Å². The van der Waals surface area contributed by atoms with E-state index in [4.69, 9.17) is 5.26 Å². The lowest BCUT2D eigenvalue weighted by Gasteiger charge is -2.11. The summed E-state index contributed by atoms with van der Waals surface area (Å²) in [5.41, 5.74) is 2.04. The maximum Gasteiger partial charge on any atom is 0.259 e. The van der Waals surface area contributed by atoms with Crippen LogP contribution in [-0.2, 0) is 17.1 Å². The minimum atomic E-state index is -3.37.